The van der Waals surface area contributed by atoms with E-state index in [1.807, 2.05) is 6.92 Å². The van der Waals surface area contributed by atoms with E-state index in [0.29, 0.717) is 24.9 Å². The molecule has 1 aliphatic carbocycles. The minimum atomic E-state index is -0.278. The zero-order valence-electron chi connectivity index (χ0n) is 13.2. The van der Waals surface area contributed by atoms with E-state index in [9.17, 15) is 9.59 Å². The van der Waals surface area contributed by atoms with Crippen LogP contribution in [-0.4, -0.2) is 68.5 Å². The molecule has 7 nitrogen and oxygen atoms in total. The summed E-state index contributed by atoms with van der Waals surface area (Å²) >= 11 is 2.98. The Morgan fingerprint density at radius 3 is 2.87 bits per heavy atom. The van der Waals surface area contributed by atoms with E-state index in [1.165, 1.54) is 18.9 Å². The summed E-state index contributed by atoms with van der Waals surface area (Å²) in [4.78, 5) is 25.8. The van der Waals surface area contributed by atoms with Crippen LogP contribution in [0.2, 0.25) is 0 Å². The van der Waals surface area contributed by atoms with E-state index in [-0.39, 0.29) is 17.1 Å². The van der Waals surface area contributed by atoms with Crippen LogP contribution in [0, 0.1) is 6.92 Å². The number of nitrogens with zero attached hydrogens (tertiary/aromatic N) is 4. The average molecular weight is 356 g/mol. The third-order valence-corrected chi connectivity index (χ3v) is 6.04. The quantitative estimate of drug-likeness (QED) is 0.578. The molecule has 2 aliphatic rings. The lowest BCUT2D eigenvalue weighted by Gasteiger charge is -2.30. The summed E-state index contributed by atoms with van der Waals surface area (Å²) in [6, 6.07) is 0.498. The Bertz CT molecular complexity index is 603. The third-order valence-electron chi connectivity index (χ3n) is 3.95. The Morgan fingerprint density at radius 2 is 2.17 bits per heavy atom. The Kier molecular flexibility index (Phi) is 5.15. The Labute approximate surface area is 143 Å². The van der Waals surface area contributed by atoms with Crippen LogP contribution in [0.1, 0.15) is 24.7 Å². The van der Waals surface area contributed by atoms with Crippen LogP contribution in [0.4, 0.5) is 0 Å². The number of hydrogen-bond acceptors (Lipinski definition) is 7. The standard InChI is InChI=1S/C14H20N4O3S2/c1-9-15-16-14(18(9)10-3-4-10)23-8-12(19)17-5-6-22-11(7-17)13(20)21-2/h10-11H,3-8H2,1-2H3/t11-/m1/s1. The van der Waals surface area contributed by atoms with Crippen molar-refractivity contribution in [3.8, 4) is 0 Å². The van der Waals surface area contributed by atoms with E-state index < -0.39 is 0 Å². The predicted molar refractivity (Wildman–Crippen MR) is 88.6 cm³/mol. The minimum Gasteiger partial charge on any atom is -0.468 e. The molecule has 0 spiro atoms. The fraction of sp³-hybridized carbons (Fsp3) is 0.714. The highest BCUT2D eigenvalue weighted by Crippen LogP contribution is 2.38. The fourth-order valence-corrected chi connectivity index (χ4v) is 4.65. The summed E-state index contributed by atoms with van der Waals surface area (Å²) in [5.41, 5.74) is 0. The van der Waals surface area contributed by atoms with Crippen LogP contribution in [0.5, 0.6) is 0 Å². The molecule has 1 saturated carbocycles. The highest BCUT2D eigenvalue weighted by molar-refractivity contribution is 8.00. The van der Waals surface area contributed by atoms with Gasteiger partial charge in [0.1, 0.15) is 11.1 Å². The van der Waals surface area contributed by atoms with Gasteiger partial charge in [0.05, 0.1) is 12.9 Å². The van der Waals surface area contributed by atoms with Crippen molar-refractivity contribution in [2.45, 2.75) is 36.2 Å². The molecule has 0 bridgehead atoms. The van der Waals surface area contributed by atoms with Gasteiger partial charge in [-0.2, -0.15) is 0 Å². The number of aryl methyl sites for hydroxylation is 1. The monoisotopic (exact) mass is 356 g/mol. The number of hydrogen-bond donors (Lipinski definition) is 0. The summed E-state index contributed by atoms with van der Waals surface area (Å²) in [6.07, 6.45) is 2.31. The lowest BCUT2D eigenvalue weighted by molar-refractivity contribution is -0.141. The van der Waals surface area contributed by atoms with Crippen molar-refractivity contribution in [3.05, 3.63) is 5.82 Å². The topological polar surface area (TPSA) is 77.3 Å². The molecule has 1 aromatic rings. The maximum atomic E-state index is 12.4. The molecule has 1 atom stereocenters. The van der Waals surface area contributed by atoms with Gasteiger partial charge in [0.25, 0.3) is 0 Å². The van der Waals surface area contributed by atoms with Crippen LogP contribution < -0.4 is 0 Å². The van der Waals surface area contributed by atoms with Crippen LogP contribution >= 0.6 is 23.5 Å². The molecule has 0 radical (unpaired) electrons. The predicted octanol–water partition coefficient (Wildman–Crippen LogP) is 1.13. The first-order valence-electron chi connectivity index (χ1n) is 7.61. The first kappa shape index (κ1) is 16.6. The maximum Gasteiger partial charge on any atom is 0.320 e. The normalized spacial score (nSPS) is 21.3. The second-order valence-electron chi connectivity index (χ2n) is 5.64. The lowest BCUT2D eigenvalue weighted by Crippen LogP contribution is -2.45. The van der Waals surface area contributed by atoms with Gasteiger partial charge in [-0.05, 0) is 19.8 Å². The number of rotatable bonds is 5. The molecule has 126 valence electrons. The highest BCUT2D eigenvalue weighted by Gasteiger charge is 2.31. The summed E-state index contributed by atoms with van der Waals surface area (Å²) in [7, 11) is 1.38. The molecule has 23 heavy (non-hydrogen) atoms. The number of thioether (sulfide) groups is 2. The number of aromatic nitrogens is 3. The minimum absolute atomic E-state index is 0.0344. The number of ether oxygens (including phenoxy) is 1. The van der Waals surface area contributed by atoms with Crippen molar-refractivity contribution < 1.29 is 14.3 Å². The Hall–Kier alpha value is -1.22. The largest absolute Gasteiger partial charge is 0.468 e. The smallest absolute Gasteiger partial charge is 0.320 e. The molecular formula is C14H20N4O3S2. The SMILES string of the molecule is COC(=O)[C@H]1CN(C(=O)CSc2nnc(C)n2C2CC2)CCS1. The van der Waals surface area contributed by atoms with E-state index in [2.05, 4.69) is 14.8 Å². The van der Waals surface area contributed by atoms with Crippen LogP contribution in [0.15, 0.2) is 5.16 Å². The number of methoxy groups -OCH3 is 1. The van der Waals surface area contributed by atoms with Crippen molar-refractivity contribution in [1.29, 1.82) is 0 Å². The average Bonchev–Trinajstić information content (AvgIpc) is 3.35. The fourth-order valence-electron chi connectivity index (χ4n) is 2.57. The van der Waals surface area contributed by atoms with Gasteiger partial charge in [-0.3, -0.25) is 9.59 Å². The second kappa shape index (κ2) is 7.12. The van der Waals surface area contributed by atoms with Crippen LogP contribution in [0.3, 0.4) is 0 Å². The van der Waals surface area contributed by atoms with E-state index in [4.69, 9.17) is 4.74 Å². The van der Waals surface area contributed by atoms with E-state index in [1.54, 1.807) is 16.7 Å². The van der Waals surface area contributed by atoms with Crippen LogP contribution in [0.25, 0.3) is 0 Å². The molecule has 2 heterocycles. The maximum absolute atomic E-state index is 12.4. The van der Waals surface area contributed by atoms with Crippen molar-refractivity contribution >= 4 is 35.4 Å². The molecule has 0 N–H and O–H groups in total. The second-order valence-corrected chi connectivity index (χ2v) is 7.90. The third kappa shape index (κ3) is 3.82. The first-order valence-corrected chi connectivity index (χ1v) is 9.65. The molecule has 1 aromatic heterocycles. The molecule has 1 aliphatic heterocycles. The van der Waals surface area contributed by atoms with Crippen LogP contribution in [-0.2, 0) is 14.3 Å². The Balaban J connectivity index is 1.56. The molecule has 2 fully saturated rings. The number of carbonyl (C=O) groups is 2. The van der Waals surface area contributed by atoms with Crippen molar-refractivity contribution in [1.82, 2.24) is 19.7 Å². The highest BCUT2D eigenvalue weighted by atomic mass is 32.2. The van der Waals surface area contributed by atoms with E-state index in [0.717, 1.165) is 29.6 Å². The number of amides is 1. The summed E-state index contributed by atoms with van der Waals surface area (Å²) in [5, 5.41) is 8.83. The molecule has 1 amide bonds. The summed E-state index contributed by atoms with van der Waals surface area (Å²) in [5.74, 6) is 1.76. The molecule has 9 heteroatoms. The number of carbonyl (C=O) groups excluding carboxylic acids is 2. The summed E-state index contributed by atoms with van der Waals surface area (Å²) < 4.78 is 6.90. The van der Waals surface area contributed by atoms with Gasteiger partial charge in [-0.25, -0.2) is 0 Å². The molecule has 1 saturated heterocycles. The zero-order chi connectivity index (χ0) is 16.4. The van der Waals surface area contributed by atoms with Gasteiger partial charge >= 0.3 is 5.97 Å². The molecule has 0 aromatic carbocycles. The van der Waals surface area contributed by atoms with Crippen molar-refractivity contribution in [2.75, 3.05) is 31.7 Å². The first-order chi connectivity index (χ1) is 11.1. The van der Waals surface area contributed by atoms with Gasteiger partial charge in [0, 0.05) is 24.9 Å². The molecule has 0 unspecified atom stereocenters. The summed E-state index contributed by atoms with van der Waals surface area (Å²) in [6.45, 7) is 3.04. The molecular weight excluding hydrogens is 336 g/mol. The van der Waals surface area contributed by atoms with Gasteiger partial charge < -0.3 is 14.2 Å². The van der Waals surface area contributed by atoms with Gasteiger partial charge in [0.15, 0.2) is 5.16 Å². The van der Waals surface area contributed by atoms with Crippen molar-refractivity contribution in [2.24, 2.45) is 0 Å². The van der Waals surface area contributed by atoms with Gasteiger partial charge in [-0.15, -0.1) is 22.0 Å². The van der Waals surface area contributed by atoms with Gasteiger partial charge in [0.2, 0.25) is 5.91 Å². The van der Waals surface area contributed by atoms with Gasteiger partial charge in [-0.1, -0.05) is 11.8 Å². The zero-order valence-corrected chi connectivity index (χ0v) is 14.9. The van der Waals surface area contributed by atoms with E-state index >= 15 is 0 Å². The molecule has 3 rings (SSSR count). The number of esters is 1. The Morgan fingerprint density at radius 1 is 1.39 bits per heavy atom. The lowest BCUT2D eigenvalue weighted by atomic mass is 10.3. The van der Waals surface area contributed by atoms with Crippen molar-refractivity contribution in [3.63, 3.8) is 0 Å².